The number of piperazine rings is 1. The van der Waals surface area contributed by atoms with Gasteiger partial charge in [0, 0.05) is 31.6 Å². The molecule has 1 saturated carbocycles. The Bertz CT molecular complexity index is 1310. The van der Waals surface area contributed by atoms with Gasteiger partial charge in [-0.25, -0.2) is 13.4 Å². The molecule has 1 atom stereocenters. The molecule has 2 heterocycles. The number of nitrogens with one attached hydrogen (secondary N) is 1. The fraction of sp³-hybridized carbons (Fsp3) is 0.429. The summed E-state index contributed by atoms with van der Waals surface area (Å²) in [6.07, 6.45) is 5.42. The summed E-state index contributed by atoms with van der Waals surface area (Å²) in [5.41, 5.74) is 1.68. The third-order valence-corrected chi connectivity index (χ3v) is 9.51. The van der Waals surface area contributed by atoms with Crippen LogP contribution in [-0.2, 0) is 14.8 Å². The number of anilines is 1. The van der Waals surface area contributed by atoms with E-state index in [9.17, 15) is 13.2 Å². The van der Waals surface area contributed by atoms with Gasteiger partial charge in [-0.05, 0) is 55.3 Å². The molecule has 1 unspecified atom stereocenters. The van der Waals surface area contributed by atoms with Crippen molar-refractivity contribution in [2.24, 2.45) is 5.92 Å². The van der Waals surface area contributed by atoms with Crippen molar-refractivity contribution in [3.63, 3.8) is 0 Å². The van der Waals surface area contributed by atoms with Gasteiger partial charge in [-0.3, -0.25) is 4.79 Å². The van der Waals surface area contributed by atoms with Crippen LogP contribution in [0.3, 0.4) is 0 Å². The van der Waals surface area contributed by atoms with Crippen molar-refractivity contribution in [3.05, 3.63) is 66.2 Å². The molecule has 0 bridgehead atoms. The van der Waals surface area contributed by atoms with Gasteiger partial charge in [-0.15, -0.1) is 0 Å². The molecule has 2 aromatic carbocycles. The average Bonchev–Trinajstić information content (AvgIpc) is 3.41. The van der Waals surface area contributed by atoms with Gasteiger partial charge in [0.15, 0.2) is 0 Å². The quantitative estimate of drug-likeness (QED) is 0.511. The van der Waals surface area contributed by atoms with E-state index in [4.69, 9.17) is 0 Å². The molecule has 1 amide bonds. The number of carbonyl (C=O) groups excluding carboxylic acids is 1. The third-order valence-electron chi connectivity index (χ3n) is 7.59. The van der Waals surface area contributed by atoms with Crippen LogP contribution in [0, 0.1) is 5.92 Å². The first-order valence-electron chi connectivity index (χ1n) is 12.9. The highest BCUT2D eigenvalue weighted by Crippen LogP contribution is 2.35. The maximum absolute atomic E-state index is 13.5. The second-order valence-corrected chi connectivity index (χ2v) is 12.0. The zero-order valence-electron chi connectivity index (χ0n) is 20.8. The number of fused-ring (bicyclic) bond motifs is 1. The number of hydrogen-bond donors (Lipinski definition) is 1. The van der Waals surface area contributed by atoms with Crippen LogP contribution in [0.25, 0.3) is 10.9 Å². The molecule has 2 aliphatic rings. The van der Waals surface area contributed by atoms with E-state index in [2.05, 4.69) is 15.2 Å². The SMILES string of the molecule is CN1CCN(S(=O)(=O)c2ccc(C(CC3CCCC3)C(=O)Nc3ccc4ccccc4n3)cc2)CC1. The minimum absolute atomic E-state index is 0.0978. The van der Waals surface area contributed by atoms with Crippen molar-refractivity contribution in [1.82, 2.24) is 14.2 Å². The summed E-state index contributed by atoms with van der Waals surface area (Å²) in [6, 6.07) is 18.6. The lowest BCUT2D eigenvalue weighted by atomic mass is 9.87. The van der Waals surface area contributed by atoms with Gasteiger partial charge < -0.3 is 10.2 Å². The number of rotatable bonds is 7. The number of carbonyl (C=O) groups is 1. The third kappa shape index (κ3) is 5.45. The normalized spacial score (nSPS) is 18.9. The first kappa shape index (κ1) is 24.9. The summed E-state index contributed by atoms with van der Waals surface area (Å²) >= 11 is 0. The van der Waals surface area contributed by atoms with E-state index < -0.39 is 10.0 Å². The van der Waals surface area contributed by atoms with E-state index in [-0.39, 0.29) is 16.7 Å². The molecule has 1 aliphatic heterocycles. The number of sulfonamides is 1. The molecule has 3 aromatic rings. The van der Waals surface area contributed by atoms with E-state index in [1.807, 2.05) is 55.6 Å². The molecule has 1 saturated heterocycles. The molecule has 5 rings (SSSR count). The van der Waals surface area contributed by atoms with Crippen molar-refractivity contribution in [3.8, 4) is 0 Å². The Morgan fingerprint density at radius 2 is 1.67 bits per heavy atom. The van der Waals surface area contributed by atoms with Crippen LogP contribution in [0.2, 0.25) is 0 Å². The second-order valence-electron chi connectivity index (χ2n) is 10.1. The van der Waals surface area contributed by atoms with Crippen molar-refractivity contribution < 1.29 is 13.2 Å². The Hall–Kier alpha value is -2.81. The molecule has 2 fully saturated rings. The average molecular weight is 507 g/mol. The smallest absolute Gasteiger partial charge is 0.243 e. The van der Waals surface area contributed by atoms with Crippen LogP contribution in [0.1, 0.15) is 43.6 Å². The predicted octanol–water partition coefficient (Wildman–Crippen LogP) is 4.47. The first-order chi connectivity index (χ1) is 17.4. The molecule has 0 spiro atoms. The fourth-order valence-corrected chi connectivity index (χ4v) is 6.79. The maximum atomic E-state index is 13.5. The number of benzene rings is 2. The maximum Gasteiger partial charge on any atom is 0.243 e. The molecule has 190 valence electrons. The summed E-state index contributed by atoms with van der Waals surface area (Å²) in [4.78, 5) is 20.5. The molecule has 1 N–H and O–H groups in total. The number of amides is 1. The molecule has 1 aliphatic carbocycles. The highest BCUT2D eigenvalue weighted by Gasteiger charge is 2.30. The van der Waals surface area contributed by atoms with Crippen LogP contribution in [0.5, 0.6) is 0 Å². The van der Waals surface area contributed by atoms with Crippen LogP contribution in [0.4, 0.5) is 5.82 Å². The Morgan fingerprint density at radius 3 is 2.39 bits per heavy atom. The Kier molecular flexibility index (Phi) is 7.37. The van der Waals surface area contributed by atoms with E-state index in [1.165, 1.54) is 12.8 Å². The first-order valence-corrected chi connectivity index (χ1v) is 14.3. The molecular weight excluding hydrogens is 472 g/mol. The molecular formula is C28H34N4O3S. The molecule has 7 nitrogen and oxygen atoms in total. The lowest BCUT2D eigenvalue weighted by Crippen LogP contribution is -2.47. The standard InChI is InChI=1S/C28H34N4O3S/c1-31-16-18-32(19-17-31)36(34,35)24-13-10-22(11-14-24)25(20-21-6-2-3-7-21)28(33)30-27-15-12-23-8-4-5-9-26(23)29-27/h4-5,8-15,21,25H,2-3,6-7,16-20H2,1H3,(H,29,30,33). The summed E-state index contributed by atoms with van der Waals surface area (Å²) in [5, 5.41) is 4.05. The van der Waals surface area contributed by atoms with E-state index >= 15 is 0 Å². The van der Waals surface area contributed by atoms with E-state index in [0.717, 1.165) is 48.8 Å². The lowest BCUT2D eigenvalue weighted by molar-refractivity contribution is -0.118. The number of nitrogens with zero attached hydrogens (tertiary/aromatic N) is 3. The Morgan fingerprint density at radius 1 is 0.972 bits per heavy atom. The monoisotopic (exact) mass is 506 g/mol. The predicted molar refractivity (Wildman–Crippen MR) is 142 cm³/mol. The summed E-state index contributed by atoms with van der Waals surface area (Å²) in [7, 11) is -1.54. The van der Waals surface area contributed by atoms with Gasteiger partial charge in [0.25, 0.3) is 0 Å². The zero-order valence-corrected chi connectivity index (χ0v) is 21.6. The van der Waals surface area contributed by atoms with Crippen molar-refractivity contribution in [1.29, 1.82) is 0 Å². The van der Waals surface area contributed by atoms with Gasteiger partial charge in [-0.1, -0.05) is 56.0 Å². The molecule has 0 radical (unpaired) electrons. The minimum Gasteiger partial charge on any atom is -0.310 e. The summed E-state index contributed by atoms with van der Waals surface area (Å²) in [6.45, 7) is 2.44. The van der Waals surface area contributed by atoms with Crippen LogP contribution < -0.4 is 5.32 Å². The van der Waals surface area contributed by atoms with E-state index in [0.29, 0.717) is 24.8 Å². The molecule has 8 heteroatoms. The Balaban J connectivity index is 1.37. The van der Waals surface area contributed by atoms with Crippen molar-refractivity contribution in [2.45, 2.75) is 42.9 Å². The molecule has 1 aromatic heterocycles. The largest absolute Gasteiger partial charge is 0.310 e. The number of para-hydroxylation sites is 1. The van der Waals surface area contributed by atoms with Gasteiger partial charge in [0.2, 0.25) is 15.9 Å². The topological polar surface area (TPSA) is 82.6 Å². The highest BCUT2D eigenvalue weighted by molar-refractivity contribution is 7.89. The zero-order chi connectivity index (χ0) is 25.1. The second kappa shape index (κ2) is 10.7. The van der Waals surface area contributed by atoms with Gasteiger partial charge in [0.1, 0.15) is 5.82 Å². The van der Waals surface area contributed by atoms with Crippen LogP contribution >= 0.6 is 0 Å². The summed E-state index contributed by atoms with van der Waals surface area (Å²) in [5.74, 6) is 0.574. The lowest BCUT2D eigenvalue weighted by Gasteiger charge is -2.31. The van der Waals surface area contributed by atoms with Gasteiger partial charge >= 0.3 is 0 Å². The number of likely N-dealkylation sites (N-methyl/N-ethyl adjacent to an activating group) is 1. The van der Waals surface area contributed by atoms with E-state index in [1.54, 1.807) is 16.4 Å². The van der Waals surface area contributed by atoms with Crippen LogP contribution in [0.15, 0.2) is 65.6 Å². The van der Waals surface area contributed by atoms with Crippen LogP contribution in [-0.4, -0.2) is 61.7 Å². The van der Waals surface area contributed by atoms with Gasteiger partial charge in [-0.2, -0.15) is 4.31 Å². The number of aromatic nitrogens is 1. The van der Waals surface area contributed by atoms with Gasteiger partial charge in [0.05, 0.1) is 16.3 Å². The summed E-state index contributed by atoms with van der Waals surface area (Å²) < 4.78 is 27.9. The number of pyridine rings is 1. The molecule has 36 heavy (non-hydrogen) atoms. The Labute approximate surface area is 213 Å². The minimum atomic E-state index is -3.54. The van der Waals surface area contributed by atoms with Crippen molar-refractivity contribution in [2.75, 3.05) is 38.5 Å². The van der Waals surface area contributed by atoms with Crippen molar-refractivity contribution >= 4 is 32.7 Å². The number of hydrogen-bond acceptors (Lipinski definition) is 5. The fourth-order valence-electron chi connectivity index (χ4n) is 5.37. The highest BCUT2D eigenvalue weighted by atomic mass is 32.2.